The zero-order valence-electron chi connectivity index (χ0n) is 16.8. The number of nitrogens with one attached hydrogen (secondary N) is 1. The van der Waals surface area contributed by atoms with Crippen LogP contribution in [0.3, 0.4) is 0 Å². The zero-order chi connectivity index (χ0) is 20.7. The molecule has 1 fully saturated rings. The summed E-state index contributed by atoms with van der Waals surface area (Å²) in [5.74, 6) is -0.832. The minimum Gasteiger partial charge on any atom is -0.449 e. The third-order valence-corrected chi connectivity index (χ3v) is 6.52. The Morgan fingerprint density at radius 1 is 1.07 bits per heavy atom. The number of esters is 1. The predicted octanol–water partition coefficient (Wildman–Crippen LogP) is 2.71. The number of sulfonamides is 1. The Hall–Kier alpha value is -1.93. The zero-order valence-corrected chi connectivity index (χ0v) is 17.6. The maximum Gasteiger partial charge on any atom is 0.338 e. The van der Waals surface area contributed by atoms with Crippen molar-refractivity contribution in [2.75, 3.05) is 13.1 Å². The molecule has 7 nitrogen and oxygen atoms in total. The lowest BCUT2D eigenvalue weighted by Gasteiger charge is -2.24. The Morgan fingerprint density at radius 2 is 1.64 bits per heavy atom. The summed E-state index contributed by atoms with van der Waals surface area (Å²) in [4.78, 5) is 26.7. The van der Waals surface area contributed by atoms with Gasteiger partial charge in [0, 0.05) is 19.1 Å². The topological polar surface area (TPSA) is 92.8 Å². The van der Waals surface area contributed by atoms with E-state index in [0.29, 0.717) is 19.5 Å². The molecule has 28 heavy (non-hydrogen) atoms. The van der Waals surface area contributed by atoms with Crippen molar-refractivity contribution in [1.29, 1.82) is 0 Å². The van der Waals surface area contributed by atoms with Crippen molar-refractivity contribution in [3.8, 4) is 0 Å². The molecule has 0 spiro atoms. The van der Waals surface area contributed by atoms with Crippen LogP contribution < -0.4 is 4.72 Å². The smallest absolute Gasteiger partial charge is 0.338 e. The van der Waals surface area contributed by atoms with Crippen molar-refractivity contribution in [1.82, 2.24) is 9.62 Å². The summed E-state index contributed by atoms with van der Waals surface area (Å²) in [5.41, 5.74) is 0.206. The van der Waals surface area contributed by atoms with Crippen molar-refractivity contribution in [2.45, 2.75) is 69.9 Å². The van der Waals surface area contributed by atoms with E-state index in [1.807, 2.05) is 6.92 Å². The molecule has 2 rings (SSSR count). The average Bonchev–Trinajstić information content (AvgIpc) is 2.96. The van der Waals surface area contributed by atoms with Crippen LogP contribution in [0.15, 0.2) is 29.2 Å². The Bertz CT molecular complexity index is 768. The quantitative estimate of drug-likeness (QED) is 0.698. The molecule has 156 valence electrons. The lowest BCUT2D eigenvalue weighted by molar-refractivity contribution is -0.139. The molecule has 8 heteroatoms. The summed E-state index contributed by atoms with van der Waals surface area (Å²) in [6.45, 7) is 6.62. The number of rotatable bonds is 7. The molecule has 0 radical (unpaired) electrons. The van der Waals surface area contributed by atoms with Gasteiger partial charge in [0.1, 0.15) is 0 Å². The molecule has 1 heterocycles. The van der Waals surface area contributed by atoms with Crippen molar-refractivity contribution < 1.29 is 22.7 Å². The first kappa shape index (κ1) is 22.4. The molecule has 2 atom stereocenters. The molecule has 1 N–H and O–H groups in total. The molecule has 0 bridgehead atoms. The molecule has 0 saturated carbocycles. The Morgan fingerprint density at radius 3 is 2.18 bits per heavy atom. The number of nitrogens with zero attached hydrogens (tertiary/aromatic N) is 1. The van der Waals surface area contributed by atoms with Crippen LogP contribution in [0.2, 0.25) is 0 Å². The van der Waals surface area contributed by atoms with Gasteiger partial charge in [-0.05, 0) is 57.4 Å². The van der Waals surface area contributed by atoms with E-state index in [1.165, 1.54) is 24.3 Å². The predicted molar refractivity (Wildman–Crippen MR) is 106 cm³/mol. The van der Waals surface area contributed by atoms with Gasteiger partial charge in [0.25, 0.3) is 5.91 Å². The molecule has 1 amide bonds. The highest BCUT2D eigenvalue weighted by Crippen LogP contribution is 2.15. The Balaban J connectivity index is 1.99. The largest absolute Gasteiger partial charge is 0.449 e. The van der Waals surface area contributed by atoms with Gasteiger partial charge in [-0.2, -0.15) is 0 Å². The molecule has 1 saturated heterocycles. The molecule has 0 aromatic heterocycles. The molecular formula is C20H30N2O5S. The molecule has 1 aliphatic heterocycles. The van der Waals surface area contributed by atoms with Gasteiger partial charge in [0.2, 0.25) is 10.0 Å². The lowest BCUT2D eigenvalue weighted by Crippen LogP contribution is -2.40. The number of likely N-dealkylation sites (tertiary alicyclic amines) is 1. The third kappa shape index (κ3) is 6.04. The average molecular weight is 411 g/mol. The van der Waals surface area contributed by atoms with Crippen molar-refractivity contribution in [3.05, 3.63) is 29.8 Å². The van der Waals surface area contributed by atoms with E-state index in [4.69, 9.17) is 4.74 Å². The minimum atomic E-state index is -3.63. The molecule has 1 aromatic rings. The third-order valence-electron chi connectivity index (χ3n) is 4.92. The Labute approximate surface area is 167 Å². The van der Waals surface area contributed by atoms with Crippen LogP contribution in [-0.4, -0.2) is 50.4 Å². The van der Waals surface area contributed by atoms with Gasteiger partial charge in [-0.15, -0.1) is 0 Å². The minimum absolute atomic E-state index is 0.0815. The highest BCUT2D eigenvalue weighted by molar-refractivity contribution is 7.89. The first-order chi connectivity index (χ1) is 13.2. The Kier molecular flexibility index (Phi) is 8.00. The van der Waals surface area contributed by atoms with Gasteiger partial charge in [0.05, 0.1) is 10.5 Å². The number of hydrogen-bond donors (Lipinski definition) is 1. The van der Waals surface area contributed by atoms with E-state index in [0.717, 1.165) is 25.7 Å². The number of carbonyl (C=O) groups excluding carboxylic acids is 2. The first-order valence-corrected chi connectivity index (χ1v) is 11.3. The number of carbonyl (C=O) groups is 2. The van der Waals surface area contributed by atoms with E-state index in [2.05, 4.69) is 4.72 Å². The van der Waals surface area contributed by atoms with Crippen LogP contribution in [0.25, 0.3) is 0 Å². The van der Waals surface area contributed by atoms with Gasteiger partial charge in [-0.1, -0.05) is 19.8 Å². The summed E-state index contributed by atoms with van der Waals surface area (Å²) in [5, 5.41) is 0. The van der Waals surface area contributed by atoms with Gasteiger partial charge in [0.15, 0.2) is 6.10 Å². The summed E-state index contributed by atoms with van der Waals surface area (Å²) < 4.78 is 32.4. The molecule has 0 aliphatic carbocycles. The fourth-order valence-corrected chi connectivity index (χ4v) is 4.34. The number of ether oxygens (including phenoxy) is 1. The lowest BCUT2D eigenvalue weighted by atomic mass is 10.2. The van der Waals surface area contributed by atoms with Gasteiger partial charge in [-0.3, -0.25) is 4.79 Å². The molecule has 0 unspecified atom stereocenters. The number of hydrogen-bond acceptors (Lipinski definition) is 5. The fraction of sp³-hybridized carbons (Fsp3) is 0.600. The van der Waals surface area contributed by atoms with Crippen molar-refractivity contribution in [2.24, 2.45) is 0 Å². The van der Waals surface area contributed by atoms with Crippen LogP contribution in [0.5, 0.6) is 0 Å². The van der Waals surface area contributed by atoms with Gasteiger partial charge >= 0.3 is 5.97 Å². The van der Waals surface area contributed by atoms with Crippen molar-refractivity contribution >= 4 is 21.9 Å². The summed E-state index contributed by atoms with van der Waals surface area (Å²) in [6.07, 6.45) is 3.95. The maximum absolute atomic E-state index is 12.5. The van der Waals surface area contributed by atoms with Gasteiger partial charge in [-0.25, -0.2) is 17.9 Å². The highest BCUT2D eigenvalue weighted by atomic mass is 32.2. The summed E-state index contributed by atoms with van der Waals surface area (Å²) in [6, 6.07) is 5.35. The van der Waals surface area contributed by atoms with E-state index in [1.54, 1.807) is 18.7 Å². The second kappa shape index (κ2) is 10.0. The summed E-state index contributed by atoms with van der Waals surface area (Å²) >= 11 is 0. The summed E-state index contributed by atoms with van der Waals surface area (Å²) in [7, 11) is -3.63. The van der Waals surface area contributed by atoms with E-state index < -0.39 is 22.1 Å². The van der Waals surface area contributed by atoms with Crippen LogP contribution in [0.1, 0.15) is 63.2 Å². The van der Waals surface area contributed by atoms with Crippen LogP contribution in [0.4, 0.5) is 0 Å². The fourth-order valence-electron chi connectivity index (χ4n) is 3.01. The van der Waals surface area contributed by atoms with Gasteiger partial charge < -0.3 is 9.64 Å². The SMILES string of the molecule is CC[C@@H](C)NS(=O)(=O)c1ccc(C(=O)O[C@H](C)C(=O)N2CCCCCC2)cc1. The molecule has 1 aromatic carbocycles. The van der Waals surface area contributed by atoms with Crippen LogP contribution in [0, 0.1) is 0 Å². The van der Waals surface area contributed by atoms with E-state index in [-0.39, 0.29) is 22.4 Å². The number of benzene rings is 1. The molecule has 1 aliphatic rings. The van der Waals surface area contributed by atoms with E-state index >= 15 is 0 Å². The number of amides is 1. The monoisotopic (exact) mass is 410 g/mol. The normalized spacial score (nSPS) is 17.5. The first-order valence-electron chi connectivity index (χ1n) is 9.86. The maximum atomic E-state index is 12.5. The van der Waals surface area contributed by atoms with Crippen molar-refractivity contribution in [3.63, 3.8) is 0 Å². The van der Waals surface area contributed by atoms with E-state index in [9.17, 15) is 18.0 Å². The standard InChI is InChI=1S/C20H30N2O5S/c1-4-15(2)21-28(25,26)18-11-9-17(10-12-18)20(24)27-16(3)19(23)22-13-7-5-6-8-14-22/h9-12,15-16,21H,4-8,13-14H2,1-3H3/t15-,16-/m1/s1. The van der Waals surface area contributed by atoms with Crippen LogP contribution >= 0.6 is 0 Å². The highest BCUT2D eigenvalue weighted by Gasteiger charge is 2.25. The second-order valence-electron chi connectivity index (χ2n) is 7.24. The molecular weight excluding hydrogens is 380 g/mol. The second-order valence-corrected chi connectivity index (χ2v) is 8.96. The van der Waals surface area contributed by atoms with Crippen LogP contribution in [-0.2, 0) is 19.6 Å².